The largest absolute Gasteiger partial charge is 0.355 e. The molecule has 1 aromatic carbocycles. The highest BCUT2D eigenvalue weighted by Crippen LogP contribution is 2.25. The summed E-state index contributed by atoms with van der Waals surface area (Å²) in [7, 11) is 1.66. The van der Waals surface area contributed by atoms with E-state index >= 15 is 0 Å². The number of piperazine rings is 1. The van der Waals surface area contributed by atoms with Gasteiger partial charge in [-0.05, 0) is 24.1 Å². The minimum absolute atomic E-state index is 0.0435. The van der Waals surface area contributed by atoms with Crippen molar-refractivity contribution >= 4 is 5.91 Å². The fourth-order valence-electron chi connectivity index (χ4n) is 3.37. The van der Waals surface area contributed by atoms with Crippen molar-refractivity contribution in [2.24, 2.45) is 0 Å². The number of hydrogen-bond donors (Lipinski definition) is 2. The van der Waals surface area contributed by atoms with Crippen LogP contribution in [0.5, 0.6) is 0 Å². The Morgan fingerprint density at radius 3 is 3.12 bits per heavy atom. The minimum atomic E-state index is -0.0435. The first-order valence-electron chi connectivity index (χ1n) is 8.99. The van der Waals surface area contributed by atoms with Crippen molar-refractivity contribution in [3.05, 3.63) is 53.3 Å². The summed E-state index contributed by atoms with van der Waals surface area (Å²) in [6, 6.07) is 8.19. The molecule has 1 fully saturated rings. The van der Waals surface area contributed by atoms with Gasteiger partial charge in [-0.1, -0.05) is 19.1 Å². The average Bonchev–Trinajstić information content (AvgIpc) is 3.09. The molecule has 2 aromatic rings. The second kappa shape index (κ2) is 8.27. The van der Waals surface area contributed by atoms with Crippen LogP contribution in [0.25, 0.3) is 0 Å². The standard InChI is InChI=1S/C19H27N5O/c1-3-8-24-14-15(11-22-24)13-23-9-7-21-12-18(23)16-5-4-6-17(10-16)19(25)20-2/h4-6,10-11,14,18,21H,3,7-9,12-13H2,1-2H3,(H,20,25). The number of aromatic nitrogens is 2. The lowest BCUT2D eigenvalue weighted by atomic mass is 10.00. The molecule has 0 bridgehead atoms. The van der Waals surface area contributed by atoms with Crippen LogP contribution in [-0.4, -0.2) is 47.3 Å². The van der Waals surface area contributed by atoms with Crippen LogP contribution in [0, 0.1) is 0 Å². The molecule has 6 heteroatoms. The quantitative estimate of drug-likeness (QED) is 0.841. The molecule has 25 heavy (non-hydrogen) atoms. The fourth-order valence-corrected chi connectivity index (χ4v) is 3.37. The van der Waals surface area contributed by atoms with E-state index in [0.29, 0.717) is 5.56 Å². The molecule has 1 unspecified atom stereocenters. The molecule has 1 aromatic heterocycles. The van der Waals surface area contributed by atoms with Gasteiger partial charge in [0.15, 0.2) is 0 Å². The van der Waals surface area contributed by atoms with Gasteiger partial charge in [0.05, 0.1) is 6.20 Å². The summed E-state index contributed by atoms with van der Waals surface area (Å²) in [6.45, 7) is 6.84. The van der Waals surface area contributed by atoms with Crippen LogP contribution < -0.4 is 10.6 Å². The first-order chi connectivity index (χ1) is 12.2. The zero-order valence-corrected chi connectivity index (χ0v) is 15.0. The highest BCUT2D eigenvalue weighted by Gasteiger charge is 2.24. The Morgan fingerprint density at radius 1 is 1.44 bits per heavy atom. The normalized spacial score (nSPS) is 18.2. The van der Waals surface area contributed by atoms with Crippen LogP contribution in [0.2, 0.25) is 0 Å². The van der Waals surface area contributed by atoms with Gasteiger partial charge in [-0.2, -0.15) is 5.10 Å². The first-order valence-corrected chi connectivity index (χ1v) is 8.99. The highest BCUT2D eigenvalue weighted by atomic mass is 16.1. The molecular formula is C19H27N5O. The zero-order valence-electron chi connectivity index (χ0n) is 15.0. The average molecular weight is 341 g/mol. The van der Waals surface area contributed by atoms with Crippen molar-refractivity contribution in [2.45, 2.75) is 32.5 Å². The topological polar surface area (TPSA) is 62.2 Å². The Kier molecular flexibility index (Phi) is 5.83. The third kappa shape index (κ3) is 4.27. The second-order valence-corrected chi connectivity index (χ2v) is 6.51. The molecule has 6 nitrogen and oxygen atoms in total. The predicted octanol–water partition coefficient (Wildman–Crippen LogP) is 1.80. The van der Waals surface area contributed by atoms with E-state index in [2.05, 4.69) is 39.8 Å². The molecule has 0 aliphatic carbocycles. The van der Waals surface area contributed by atoms with Gasteiger partial charge in [0.25, 0.3) is 5.91 Å². The molecule has 0 radical (unpaired) electrons. The summed E-state index contributed by atoms with van der Waals surface area (Å²) in [5, 5.41) is 10.6. The van der Waals surface area contributed by atoms with Crippen molar-refractivity contribution in [2.75, 3.05) is 26.7 Å². The lowest BCUT2D eigenvalue weighted by Gasteiger charge is -2.36. The van der Waals surface area contributed by atoms with Gasteiger partial charge >= 0.3 is 0 Å². The Morgan fingerprint density at radius 2 is 2.32 bits per heavy atom. The van der Waals surface area contributed by atoms with Gasteiger partial charge in [0.1, 0.15) is 0 Å². The smallest absolute Gasteiger partial charge is 0.251 e. The number of aryl methyl sites for hydroxylation is 1. The molecule has 2 heterocycles. The van der Waals surface area contributed by atoms with Gasteiger partial charge in [-0.15, -0.1) is 0 Å². The predicted molar refractivity (Wildman–Crippen MR) is 98.4 cm³/mol. The van der Waals surface area contributed by atoms with E-state index in [1.54, 1.807) is 7.05 Å². The van der Waals surface area contributed by atoms with Crippen LogP contribution in [0.4, 0.5) is 0 Å². The Labute approximate surface area is 149 Å². The number of carbonyl (C=O) groups excluding carboxylic acids is 1. The summed E-state index contributed by atoms with van der Waals surface area (Å²) < 4.78 is 2.01. The summed E-state index contributed by atoms with van der Waals surface area (Å²) in [5.41, 5.74) is 3.12. The van der Waals surface area contributed by atoms with Crippen LogP contribution in [0.15, 0.2) is 36.7 Å². The van der Waals surface area contributed by atoms with Crippen LogP contribution >= 0.6 is 0 Å². The van der Waals surface area contributed by atoms with E-state index in [4.69, 9.17) is 0 Å². The Bertz CT molecular complexity index is 711. The molecular weight excluding hydrogens is 314 g/mol. The van der Waals surface area contributed by atoms with Crippen molar-refractivity contribution in [1.29, 1.82) is 0 Å². The van der Waals surface area contributed by atoms with Gasteiger partial charge in [0, 0.05) is 63.1 Å². The number of nitrogens with zero attached hydrogens (tertiary/aromatic N) is 3. The van der Waals surface area contributed by atoms with Crippen LogP contribution in [0.1, 0.15) is 40.9 Å². The molecule has 1 atom stereocenters. The minimum Gasteiger partial charge on any atom is -0.355 e. The van der Waals surface area contributed by atoms with Gasteiger partial charge in [0.2, 0.25) is 0 Å². The van der Waals surface area contributed by atoms with Crippen molar-refractivity contribution in [3.8, 4) is 0 Å². The number of rotatable bonds is 6. The number of benzene rings is 1. The third-order valence-electron chi connectivity index (χ3n) is 4.64. The maximum atomic E-state index is 11.9. The zero-order chi connectivity index (χ0) is 17.6. The summed E-state index contributed by atoms with van der Waals surface area (Å²) in [4.78, 5) is 14.4. The van der Waals surface area contributed by atoms with E-state index < -0.39 is 0 Å². The molecule has 3 rings (SSSR count). The SMILES string of the molecule is CCCn1cc(CN2CCNCC2c2cccc(C(=O)NC)c2)cn1. The molecule has 134 valence electrons. The molecule has 1 amide bonds. The Balaban J connectivity index is 1.77. The maximum Gasteiger partial charge on any atom is 0.251 e. The second-order valence-electron chi connectivity index (χ2n) is 6.51. The first kappa shape index (κ1) is 17.6. The number of amides is 1. The van der Waals surface area contributed by atoms with Crippen molar-refractivity contribution in [3.63, 3.8) is 0 Å². The summed E-state index contributed by atoms with van der Waals surface area (Å²) in [6.07, 6.45) is 5.20. The van der Waals surface area contributed by atoms with Gasteiger partial charge in [-0.3, -0.25) is 14.4 Å². The van der Waals surface area contributed by atoms with Gasteiger partial charge in [-0.25, -0.2) is 0 Å². The summed E-state index contributed by atoms with van der Waals surface area (Å²) >= 11 is 0. The summed E-state index contributed by atoms with van der Waals surface area (Å²) in [5.74, 6) is -0.0435. The lowest BCUT2D eigenvalue weighted by Crippen LogP contribution is -2.45. The Hall–Kier alpha value is -2.18. The number of carbonyl (C=O) groups is 1. The van der Waals surface area contributed by atoms with Crippen LogP contribution in [-0.2, 0) is 13.1 Å². The van der Waals surface area contributed by atoms with E-state index in [1.807, 2.05) is 29.1 Å². The number of hydrogen-bond acceptors (Lipinski definition) is 4. The lowest BCUT2D eigenvalue weighted by molar-refractivity contribution is 0.0962. The highest BCUT2D eigenvalue weighted by molar-refractivity contribution is 5.94. The molecule has 1 saturated heterocycles. The monoisotopic (exact) mass is 341 g/mol. The molecule has 1 aliphatic heterocycles. The number of nitrogens with one attached hydrogen (secondary N) is 2. The van der Waals surface area contributed by atoms with Crippen molar-refractivity contribution in [1.82, 2.24) is 25.3 Å². The maximum absolute atomic E-state index is 11.9. The van der Waals surface area contributed by atoms with E-state index in [9.17, 15) is 4.79 Å². The molecule has 2 N–H and O–H groups in total. The van der Waals surface area contributed by atoms with Crippen molar-refractivity contribution < 1.29 is 4.79 Å². The third-order valence-corrected chi connectivity index (χ3v) is 4.64. The van der Waals surface area contributed by atoms with E-state index in [1.165, 1.54) is 11.1 Å². The van der Waals surface area contributed by atoms with E-state index in [-0.39, 0.29) is 11.9 Å². The molecule has 1 aliphatic rings. The molecule has 0 saturated carbocycles. The fraction of sp³-hybridized carbons (Fsp3) is 0.474. The molecule has 0 spiro atoms. The van der Waals surface area contributed by atoms with Gasteiger partial charge < -0.3 is 10.6 Å². The van der Waals surface area contributed by atoms with E-state index in [0.717, 1.165) is 39.1 Å². The van der Waals surface area contributed by atoms with Crippen LogP contribution in [0.3, 0.4) is 0 Å².